The Hall–Kier alpha value is -2.08. The van der Waals surface area contributed by atoms with Crippen molar-refractivity contribution in [3.8, 4) is 0 Å². The zero-order valence-electron chi connectivity index (χ0n) is 12.0. The van der Waals surface area contributed by atoms with Gasteiger partial charge < -0.3 is 5.32 Å². The first-order chi connectivity index (χ1) is 9.56. The summed E-state index contributed by atoms with van der Waals surface area (Å²) in [5.41, 5.74) is 5.64. The lowest BCUT2D eigenvalue weighted by molar-refractivity contribution is -0.127. The summed E-state index contributed by atoms with van der Waals surface area (Å²) in [6, 6.07) is 4.09. The van der Waals surface area contributed by atoms with E-state index in [2.05, 4.69) is 23.3 Å². The molecule has 2 aromatic heterocycles. The van der Waals surface area contributed by atoms with Crippen LogP contribution < -0.4 is 10.8 Å². The van der Waals surface area contributed by atoms with Gasteiger partial charge in [-0.15, -0.1) is 0 Å². The second-order valence-corrected chi connectivity index (χ2v) is 4.91. The summed E-state index contributed by atoms with van der Waals surface area (Å²) in [5.74, 6) is 0.343. The highest BCUT2D eigenvalue weighted by Gasteiger charge is 2.14. The number of hydrogen-bond donors (Lipinski definition) is 3. The molecular formula is C14H20N4O2. The molecule has 0 saturated heterocycles. The van der Waals surface area contributed by atoms with Crippen LogP contribution in [0.2, 0.25) is 0 Å². The molecule has 0 spiro atoms. The highest BCUT2D eigenvalue weighted by Crippen LogP contribution is 2.22. The van der Waals surface area contributed by atoms with Crippen LogP contribution in [0.15, 0.2) is 12.1 Å². The number of rotatable bonds is 5. The normalized spacial score (nSPS) is 10.8. The number of aryl methyl sites for hydroxylation is 3. The summed E-state index contributed by atoms with van der Waals surface area (Å²) in [5, 5.41) is 11.6. The molecule has 0 aromatic carbocycles. The fourth-order valence-electron chi connectivity index (χ4n) is 2.37. The standard InChI is InChI=1S/C14H20N4O2/c1-4-5-11-14(15-8-13(19)17-20)18-10(3)6-9(2)7-12(18)16-11/h6-7,15,20H,4-5,8H2,1-3H3,(H,17,19). The number of imidazole rings is 1. The maximum absolute atomic E-state index is 11.2. The van der Waals surface area contributed by atoms with Gasteiger partial charge in [0.2, 0.25) is 0 Å². The monoisotopic (exact) mass is 276 g/mol. The average Bonchev–Trinajstić information content (AvgIpc) is 2.74. The Morgan fingerprint density at radius 2 is 2.15 bits per heavy atom. The molecule has 0 saturated carbocycles. The largest absolute Gasteiger partial charge is 0.360 e. The lowest BCUT2D eigenvalue weighted by Crippen LogP contribution is -2.27. The van der Waals surface area contributed by atoms with Gasteiger partial charge in [-0.3, -0.25) is 14.4 Å². The molecule has 0 unspecified atom stereocenters. The van der Waals surface area contributed by atoms with E-state index in [4.69, 9.17) is 5.21 Å². The van der Waals surface area contributed by atoms with Gasteiger partial charge in [-0.25, -0.2) is 10.5 Å². The lowest BCUT2D eigenvalue weighted by Gasteiger charge is -2.10. The van der Waals surface area contributed by atoms with E-state index in [0.717, 1.165) is 41.3 Å². The van der Waals surface area contributed by atoms with Gasteiger partial charge in [0, 0.05) is 5.69 Å². The molecule has 20 heavy (non-hydrogen) atoms. The van der Waals surface area contributed by atoms with E-state index in [9.17, 15) is 4.79 Å². The van der Waals surface area contributed by atoms with Gasteiger partial charge in [0.25, 0.3) is 5.91 Å². The van der Waals surface area contributed by atoms with Crippen molar-refractivity contribution in [2.75, 3.05) is 11.9 Å². The topological polar surface area (TPSA) is 78.7 Å². The van der Waals surface area contributed by atoms with E-state index < -0.39 is 5.91 Å². The summed E-state index contributed by atoms with van der Waals surface area (Å²) in [6.45, 7) is 6.14. The number of anilines is 1. The predicted octanol–water partition coefficient (Wildman–Crippen LogP) is 1.82. The summed E-state index contributed by atoms with van der Waals surface area (Å²) >= 11 is 0. The second kappa shape index (κ2) is 5.92. The zero-order valence-corrected chi connectivity index (χ0v) is 12.0. The number of hydroxylamine groups is 1. The van der Waals surface area contributed by atoms with E-state index in [1.807, 2.05) is 24.3 Å². The Kier molecular flexibility index (Phi) is 4.24. The van der Waals surface area contributed by atoms with Crippen LogP contribution in [0, 0.1) is 13.8 Å². The molecule has 1 amide bonds. The van der Waals surface area contributed by atoms with Crippen molar-refractivity contribution in [1.29, 1.82) is 0 Å². The van der Waals surface area contributed by atoms with E-state index >= 15 is 0 Å². The first-order valence-electron chi connectivity index (χ1n) is 6.72. The third-order valence-electron chi connectivity index (χ3n) is 3.15. The second-order valence-electron chi connectivity index (χ2n) is 4.91. The van der Waals surface area contributed by atoms with Crippen molar-refractivity contribution >= 4 is 17.4 Å². The third-order valence-corrected chi connectivity index (χ3v) is 3.15. The van der Waals surface area contributed by atoms with Crippen LogP contribution in [0.3, 0.4) is 0 Å². The molecule has 0 radical (unpaired) electrons. The van der Waals surface area contributed by atoms with Crippen molar-refractivity contribution < 1.29 is 10.0 Å². The number of pyridine rings is 1. The van der Waals surface area contributed by atoms with Crippen LogP contribution in [0.5, 0.6) is 0 Å². The number of aromatic nitrogens is 2. The predicted molar refractivity (Wildman–Crippen MR) is 77.1 cm³/mol. The number of hydrogen-bond acceptors (Lipinski definition) is 4. The summed E-state index contributed by atoms with van der Waals surface area (Å²) in [6.07, 6.45) is 1.81. The summed E-state index contributed by atoms with van der Waals surface area (Å²) in [7, 11) is 0. The minimum absolute atomic E-state index is 0.00826. The Morgan fingerprint density at radius 1 is 1.40 bits per heavy atom. The molecule has 0 aliphatic heterocycles. The molecule has 0 aliphatic carbocycles. The van der Waals surface area contributed by atoms with Gasteiger partial charge in [-0.1, -0.05) is 13.3 Å². The fourth-order valence-corrected chi connectivity index (χ4v) is 2.37. The van der Waals surface area contributed by atoms with Crippen molar-refractivity contribution in [2.45, 2.75) is 33.6 Å². The number of amides is 1. The maximum Gasteiger partial charge on any atom is 0.262 e. The van der Waals surface area contributed by atoms with Crippen LogP contribution >= 0.6 is 0 Å². The first-order valence-corrected chi connectivity index (χ1v) is 6.72. The van der Waals surface area contributed by atoms with E-state index in [0.29, 0.717) is 0 Å². The molecule has 2 aromatic rings. The number of carbonyl (C=O) groups excluding carboxylic acids is 1. The minimum Gasteiger partial charge on any atom is -0.360 e. The fraction of sp³-hybridized carbons (Fsp3) is 0.429. The van der Waals surface area contributed by atoms with Crippen molar-refractivity contribution in [2.24, 2.45) is 0 Å². The number of nitrogens with zero attached hydrogens (tertiary/aromatic N) is 2. The number of fused-ring (bicyclic) bond motifs is 1. The molecule has 3 N–H and O–H groups in total. The highest BCUT2D eigenvalue weighted by atomic mass is 16.5. The van der Waals surface area contributed by atoms with Crippen LogP contribution in [-0.4, -0.2) is 27.0 Å². The van der Waals surface area contributed by atoms with Crippen LogP contribution in [0.25, 0.3) is 5.65 Å². The number of carbonyl (C=O) groups is 1. The molecule has 6 nitrogen and oxygen atoms in total. The van der Waals surface area contributed by atoms with Gasteiger partial charge >= 0.3 is 0 Å². The van der Waals surface area contributed by atoms with Gasteiger partial charge in [-0.05, 0) is 38.0 Å². The highest BCUT2D eigenvalue weighted by molar-refractivity contribution is 5.79. The number of nitrogens with one attached hydrogen (secondary N) is 2. The van der Waals surface area contributed by atoms with Gasteiger partial charge in [0.05, 0.1) is 12.2 Å². The SMILES string of the molecule is CCCc1nc2cc(C)cc(C)n2c1NCC(=O)NO. The minimum atomic E-state index is -0.479. The molecule has 0 aliphatic rings. The Balaban J connectivity index is 2.47. The maximum atomic E-state index is 11.2. The molecule has 2 heterocycles. The molecule has 108 valence electrons. The van der Waals surface area contributed by atoms with E-state index in [1.165, 1.54) is 0 Å². The zero-order chi connectivity index (χ0) is 14.7. The average molecular weight is 276 g/mol. The molecular weight excluding hydrogens is 256 g/mol. The van der Waals surface area contributed by atoms with Gasteiger partial charge in [0.15, 0.2) is 0 Å². The molecule has 6 heteroatoms. The quantitative estimate of drug-likeness (QED) is 0.575. The van der Waals surface area contributed by atoms with Crippen molar-refractivity contribution in [1.82, 2.24) is 14.9 Å². The third kappa shape index (κ3) is 2.75. The summed E-state index contributed by atoms with van der Waals surface area (Å²) in [4.78, 5) is 15.8. The molecule has 0 fully saturated rings. The molecule has 0 atom stereocenters. The van der Waals surface area contributed by atoms with E-state index in [1.54, 1.807) is 5.48 Å². The Labute approximate surface area is 117 Å². The molecule has 2 rings (SSSR count). The van der Waals surface area contributed by atoms with Crippen LogP contribution in [0.1, 0.15) is 30.3 Å². The van der Waals surface area contributed by atoms with E-state index in [-0.39, 0.29) is 6.54 Å². The Morgan fingerprint density at radius 3 is 2.80 bits per heavy atom. The molecule has 0 bridgehead atoms. The smallest absolute Gasteiger partial charge is 0.262 e. The summed E-state index contributed by atoms with van der Waals surface area (Å²) < 4.78 is 2.00. The lowest BCUT2D eigenvalue weighted by atomic mass is 10.2. The van der Waals surface area contributed by atoms with Crippen LogP contribution in [0.4, 0.5) is 5.82 Å². The van der Waals surface area contributed by atoms with Crippen LogP contribution in [-0.2, 0) is 11.2 Å². The van der Waals surface area contributed by atoms with Crippen molar-refractivity contribution in [3.05, 3.63) is 29.1 Å². The first kappa shape index (κ1) is 14.3. The van der Waals surface area contributed by atoms with Gasteiger partial charge in [-0.2, -0.15) is 0 Å². The Bertz CT molecular complexity index is 634. The van der Waals surface area contributed by atoms with Crippen molar-refractivity contribution in [3.63, 3.8) is 0 Å². The van der Waals surface area contributed by atoms with Gasteiger partial charge in [0.1, 0.15) is 11.5 Å².